The van der Waals surface area contributed by atoms with Gasteiger partial charge in [-0.05, 0) is 49.7 Å². The third-order valence-corrected chi connectivity index (χ3v) is 5.62. The van der Waals surface area contributed by atoms with Crippen molar-refractivity contribution < 1.29 is 9.59 Å². The number of hydrogen-bond donors (Lipinski definition) is 3. The van der Waals surface area contributed by atoms with Gasteiger partial charge in [-0.3, -0.25) is 9.59 Å². The lowest BCUT2D eigenvalue weighted by Crippen LogP contribution is -2.26. The number of nitrogens with zero attached hydrogens (tertiary/aromatic N) is 3. The number of carbonyl (C=O) groups is 2. The van der Waals surface area contributed by atoms with Crippen LogP contribution in [0.5, 0.6) is 0 Å². The van der Waals surface area contributed by atoms with Gasteiger partial charge in [-0.25, -0.2) is 4.68 Å². The molecular formula is C26H23ClN6O2. The molecule has 3 N–H and O–H groups in total. The molecule has 0 radical (unpaired) electrons. The van der Waals surface area contributed by atoms with Gasteiger partial charge in [-0.1, -0.05) is 41.4 Å². The molecule has 0 aliphatic carbocycles. The number of aromatic nitrogens is 3. The van der Waals surface area contributed by atoms with Gasteiger partial charge in [0.25, 0.3) is 5.91 Å². The van der Waals surface area contributed by atoms with Crippen LogP contribution in [0.15, 0.2) is 66.9 Å². The quantitative estimate of drug-likeness (QED) is 0.238. The molecule has 0 unspecified atom stereocenters. The Kier molecular flexibility index (Phi) is 7.29. The fourth-order valence-electron chi connectivity index (χ4n) is 3.52. The van der Waals surface area contributed by atoms with Crippen LogP contribution >= 0.6 is 11.6 Å². The van der Waals surface area contributed by atoms with Crippen LogP contribution in [0.2, 0.25) is 5.02 Å². The first-order valence-electron chi connectivity index (χ1n) is 11.0. The Morgan fingerprint density at radius 2 is 1.83 bits per heavy atom. The van der Waals surface area contributed by atoms with Crippen molar-refractivity contribution in [1.29, 1.82) is 5.26 Å². The maximum Gasteiger partial charge on any atom is 0.267 e. The van der Waals surface area contributed by atoms with E-state index in [9.17, 15) is 14.9 Å². The van der Waals surface area contributed by atoms with Gasteiger partial charge >= 0.3 is 0 Å². The highest BCUT2D eigenvalue weighted by Crippen LogP contribution is 2.26. The fraction of sp³-hybridized carbons (Fsp3) is 0.154. The van der Waals surface area contributed by atoms with Gasteiger partial charge < -0.3 is 15.6 Å². The lowest BCUT2D eigenvalue weighted by atomic mass is 10.0. The number of carbonyl (C=O) groups excluding carboxylic acids is 2. The van der Waals surface area contributed by atoms with Crippen molar-refractivity contribution in [3.63, 3.8) is 0 Å². The second-order valence-corrected chi connectivity index (χ2v) is 8.32. The molecule has 35 heavy (non-hydrogen) atoms. The van der Waals surface area contributed by atoms with E-state index in [0.717, 1.165) is 5.56 Å². The van der Waals surface area contributed by atoms with Crippen LogP contribution in [0.3, 0.4) is 0 Å². The molecule has 0 saturated carbocycles. The van der Waals surface area contributed by atoms with E-state index in [1.807, 2.05) is 19.1 Å². The summed E-state index contributed by atoms with van der Waals surface area (Å²) >= 11 is 6.04. The zero-order chi connectivity index (χ0) is 24.8. The number of ketones is 1. The summed E-state index contributed by atoms with van der Waals surface area (Å²) in [7, 11) is 0. The van der Waals surface area contributed by atoms with Crippen molar-refractivity contribution in [2.45, 2.75) is 13.3 Å². The monoisotopic (exact) mass is 486 g/mol. The Bertz CT molecular complexity index is 1370. The first kappa shape index (κ1) is 23.8. The van der Waals surface area contributed by atoms with E-state index in [1.54, 1.807) is 54.7 Å². The van der Waals surface area contributed by atoms with Crippen LogP contribution < -0.4 is 10.6 Å². The Labute approximate surface area is 207 Å². The van der Waals surface area contributed by atoms with E-state index in [0.29, 0.717) is 47.3 Å². The van der Waals surface area contributed by atoms with E-state index in [2.05, 4.69) is 26.8 Å². The second-order valence-electron chi connectivity index (χ2n) is 7.89. The molecule has 0 aliphatic rings. The molecule has 0 aliphatic heterocycles. The van der Waals surface area contributed by atoms with Gasteiger partial charge in [0, 0.05) is 29.9 Å². The Hall–Kier alpha value is -4.35. The summed E-state index contributed by atoms with van der Waals surface area (Å²) in [6, 6.07) is 19.7. The highest BCUT2D eigenvalue weighted by molar-refractivity contribution is 6.30. The molecule has 176 valence electrons. The van der Waals surface area contributed by atoms with Crippen molar-refractivity contribution >= 4 is 29.1 Å². The minimum atomic E-state index is -0.337. The summed E-state index contributed by atoms with van der Waals surface area (Å²) in [6.07, 6.45) is 2.28. The van der Waals surface area contributed by atoms with E-state index >= 15 is 0 Å². The van der Waals surface area contributed by atoms with Gasteiger partial charge in [-0.2, -0.15) is 10.4 Å². The summed E-state index contributed by atoms with van der Waals surface area (Å²) < 4.78 is 1.54. The molecule has 0 spiro atoms. The molecule has 0 bridgehead atoms. The molecule has 4 rings (SSSR count). The molecule has 2 heterocycles. The molecule has 2 aromatic carbocycles. The molecule has 0 saturated heterocycles. The molecule has 0 fully saturated rings. The number of nitriles is 1. The summed E-state index contributed by atoms with van der Waals surface area (Å²) in [4.78, 5) is 28.2. The van der Waals surface area contributed by atoms with Crippen LogP contribution in [0.25, 0.3) is 5.69 Å². The molecular weight excluding hydrogens is 464 g/mol. The van der Waals surface area contributed by atoms with Gasteiger partial charge in [0.15, 0.2) is 5.69 Å². The minimum Gasteiger partial charge on any atom is -0.369 e. The van der Waals surface area contributed by atoms with E-state index in [4.69, 9.17) is 11.6 Å². The fourth-order valence-corrected chi connectivity index (χ4v) is 3.65. The highest BCUT2D eigenvalue weighted by Gasteiger charge is 2.25. The van der Waals surface area contributed by atoms with Crippen LogP contribution in [-0.4, -0.2) is 39.5 Å². The van der Waals surface area contributed by atoms with Crippen molar-refractivity contribution in [2.75, 3.05) is 18.4 Å². The first-order chi connectivity index (χ1) is 17.0. The average Bonchev–Trinajstić information content (AvgIpc) is 3.53. The molecule has 0 atom stereocenters. The van der Waals surface area contributed by atoms with Gasteiger partial charge in [-0.15, -0.1) is 0 Å². The van der Waals surface area contributed by atoms with Crippen molar-refractivity contribution in [1.82, 2.24) is 20.1 Å². The lowest BCUT2D eigenvalue weighted by molar-refractivity contribution is 0.0948. The molecule has 2 aromatic heterocycles. The topological polar surface area (TPSA) is 116 Å². The maximum atomic E-state index is 13.2. The summed E-state index contributed by atoms with van der Waals surface area (Å²) in [5.41, 5.74) is 2.84. The standard InChI is InChI=1S/C26H23ClN6O2/c1-17-5-7-18(8-6-17)24(34)23-21(16-28)25(33(32-23)20-11-9-19(27)10-12-20)30-14-3-15-31-26(35)22-4-2-13-29-22/h2,4-13,29-30H,3,14-15H2,1H3,(H,31,35). The Morgan fingerprint density at radius 1 is 1.09 bits per heavy atom. The summed E-state index contributed by atoms with van der Waals surface area (Å²) in [6.45, 7) is 2.81. The summed E-state index contributed by atoms with van der Waals surface area (Å²) in [5.74, 6) is -0.124. The number of hydrogen-bond acceptors (Lipinski definition) is 5. The normalized spacial score (nSPS) is 10.5. The van der Waals surface area contributed by atoms with E-state index in [1.165, 1.54) is 4.68 Å². The minimum absolute atomic E-state index is 0.0638. The SMILES string of the molecule is Cc1ccc(C(=O)c2nn(-c3ccc(Cl)cc3)c(NCCCNC(=O)c3ccc[nH]3)c2C#N)cc1. The lowest BCUT2D eigenvalue weighted by Gasteiger charge is -2.11. The number of anilines is 1. The predicted octanol–water partition coefficient (Wildman–Crippen LogP) is 4.50. The number of benzene rings is 2. The number of aryl methyl sites for hydroxylation is 1. The molecule has 4 aromatic rings. The Morgan fingerprint density at radius 3 is 2.49 bits per heavy atom. The molecule has 8 nitrogen and oxygen atoms in total. The maximum absolute atomic E-state index is 13.2. The number of rotatable bonds is 9. The molecule has 1 amide bonds. The van der Waals surface area contributed by atoms with Crippen LogP contribution in [0.1, 0.15) is 44.1 Å². The number of halogens is 1. The van der Waals surface area contributed by atoms with Gasteiger partial charge in [0.1, 0.15) is 23.1 Å². The zero-order valence-corrected chi connectivity index (χ0v) is 19.8. The van der Waals surface area contributed by atoms with E-state index < -0.39 is 0 Å². The predicted molar refractivity (Wildman–Crippen MR) is 134 cm³/mol. The van der Waals surface area contributed by atoms with Gasteiger partial charge in [0.05, 0.1) is 5.69 Å². The number of aromatic amines is 1. The smallest absolute Gasteiger partial charge is 0.267 e. The third kappa shape index (κ3) is 5.42. The molecule has 9 heteroatoms. The van der Waals surface area contributed by atoms with E-state index in [-0.39, 0.29) is 22.9 Å². The van der Waals surface area contributed by atoms with Crippen molar-refractivity contribution in [2.24, 2.45) is 0 Å². The highest BCUT2D eigenvalue weighted by atomic mass is 35.5. The van der Waals surface area contributed by atoms with Crippen molar-refractivity contribution in [3.05, 3.63) is 100.0 Å². The van der Waals surface area contributed by atoms with Crippen LogP contribution in [-0.2, 0) is 0 Å². The van der Waals surface area contributed by atoms with Crippen LogP contribution in [0.4, 0.5) is 5.82 Å². The van der Waals surface area contributed by atoms with Crippen LogP contribution in [0, 0.1) is 18.3 Å². The number of amides is 1. The second kappa shape index (κ2) is 10.7. The summed E-state index contributed by atoms with van der Waals surface area (Å²) in [5, 5.41) is 21.1. The Balaban J connectivity index is 1.57. The van der Waals surface area contributed by atoms with Gasteiger partial charge in [0.2, 0.25) is 5.78 Å². The third-order valence-electron chi connectivity index (χ3n) is 5.37. The largest absolute Gasteiger partial charge is 0.369 e. The zero-order valence-electron chi connectivity index (χ0n) is 19.0. The average molecular weight is 487 g/mol. The number of H-pyrrole nitrogens is 1. The van der Waals surface area contributed by atoms with Crippen molar-refractivity contribution in [3.8, 4) is 11.8 Å². The first-order valence-corrected chi connectivity index (χ1v) is 11.4. The number of nitrogens with one attached hydrogen (secondary N) is 3.